The Morgan fingerprint density at radius 3 is 2.40 bits per heavy atom. The molecule has 1 aliphatic rings. The predicted molar refractivity (Wildman–Crippen MR) is 58.8 cm³/mol. The first-order valence-electron chi connectivity index (χ1n) is 5.50. The monoisotopic (exact) mass is 234 g/mol. The fourth-order valence-corrected chi connectivity index (χ4v) is 2.42. The van der Waals surface area contributed by atoms with Gasteiger partial charge in [-0.25, -0.2) is 4.79 Å². The largest absolute Gasteiger partial charge is 0.509 e. The minimum absolute atomic E-state index is 0.144. The number of carbonyl (C=O) groups is 1. The van der Waals surface area contributed by atoms with Gasteiger partial charge in [0, 0.05) is 0 Å². The van der Waals surface area contributed by atoms with E-state index in [1.807, 2.05) is 0 Å². The van der Waals surface area contributed by atoms with E-state index in [9.17, 15) is 4.79 Å². The van der Waals surface area contributed by atoms with Crippen LogP contribution in [0.4, 0.5) is 4.79 Å². The Morgan fingerprint density at radius 2 is 1.87 bits per heavy atom. The van der Waals surface area contributed by atoms with E-state index < -0.39 is 6.16 Å². The summed E-state index contributed by atoms with van der Waals surface area (Å²) in [7, 11) is 0. The van der Waals surface area contributed by atoms with E-state index in [1.165, 1.54) is 19.3 Å². The number of hydrogen-bond acceptors (Lipinski definition) is 3. The summed E-state index contributed by atoms with van der Waals surface area (Å²) in [6.07, 6.45) is 3.08. The van der Waals surface area contributed by atoms with Crippen LogP contribution in [-0.4, -0.2) is 18.8 Å². The van der Waals surface area contributed by atoms with Crippen LogP contribution < -0.4 is 0 Å². The van der Waals surface area contributed by atoms with Gasteiger partial charge < -0.3 is 9.47 Å². The lowest BCUT2D eigenvalue weighted by Gasteiger charge is -2.33. The highest BCUT2D eigenvalue weighted by Gasteiger charge is 2.28. The lowest BCUT2D eigenvalue weighted by atomic mass is 9.74. The third-order valence-corrected chi connectivity index (χ3v) is 3.46. The number of alkyl halides is 1. The topological polar surface area (TPSA) is 35.5 Å². The van der Waals surface area contributed by atoms with Gasteiger partial charge in [-0.3, -0.25) is 0 Å². The SMILES string of the molecule is CC1CCCC(C)C1COC(=O)OCCl. The zero-order valence-electron chi connectivity index (χ0n) is 9.37. The fraction of sp³-hybridized carbons (Fsp3) is 0.909. The summed E-state index contributed by atoms with van der Waals surface area (Å²) in [4.78, 5) is 11.0. The van der Waals surface area contributed by atoms with Crippen molar-refractivity contribution in [3.05, 3.63) is 0 Å². The van der Waals surface area contributed by atoms with Crippen molar-refractivity contribution in [3.8, 4) is 0 Å². The minimum atomic E-state index is -0.657. The number of halogens is 1. The smallest absolute Gasteiger partial charge is 0.434 e. The second-order valence-electron chi connectivity index (χ2n) is 4.36. The number of hydrogen-bond donors (Lipinski definition) is 0. The minimum Gasteiger partial charge on any atom is -0.434 e. The molecule has 0 aliphatic heterocycles. The van der Waals surface area contributed by atoms with Gasteiger partial charge in [-0.05, 0) is 17.8 Å². The van der Waals surface area contributed by atoms with E-state index in [1.54, 1.807) is 0 Å². The molecule has 1 fully saturated rings. The van der Waals surface area contributed by atoms with E-state index in [4.69, 9.17) is 16.3 Å². The van der Waals surface area contributed by atoms with E-state index in [0.717, 1.165) is 0 Å². The van der Waals surface area contributed by atoms with Crippen molar-refractivity contribution in [1.29, 1.82) is 0 Å². The molecule has 0 heterocycles. The zero-order chi connectivity index (χ0) is 11.3. The lowest BCUT2D eigenvalue weighted by Crippen LogP contribution is -2.29. The van der Waals surface area contributed by atoms with Crippen LogP contribution in [0.25, 0.3) is 0 Å². The molecule has 0 aromatic rings. The van der Waals surface area contributed by atoms with Gasteiger partial charge in [-0.2, -0.15) is 0 Å². The molecular formula is C11H19ClO3. The van der Waals surface area contributed by atoms with Gasteiger partial charge >= 0.3 is 6.16 Å². The molecule has 1 rings (SSSR count). The molecule has 4 heteroatoms. The summed E-state index contributed by atoms with van der Waals surface area (Å²) < 4.78 is 9.52. The number of ether oxygens (including phenoxy) is 2. The second-order valence-corrected chi connectivity index (χ2v) is 4.58. The highest BCUT2D eigenvalue weighted by molar-refractivity contribution is 6.17. The molecule has 0 saturated heterocycles. The van der Waals surface area contributed by atoms with Crippen LogP contribution in [0, 0.1) is 17.8 Å². The summed E-state index contributed by atoms with van der Waals surface area (Å²) in [5.74, 6) is 1.71. The third kappa shape index (κ3) is 3.90. The number of carbonyl (C=O) groups excluding carboxylic acids is 1. The van der Waals surface area contributed by atoms with Gasteiger partial charge in [-0.15, -0.1) is 0 Å². The molecule has 1 aliphatic carbocycles. The average molecular weight is 235 g/mol. The predicted octanol–water partition coefficient (Wildman–Crippen LogP) is 3.41. The van der Waals surface area contributed by atoms with Crippen molar-refractivity contribution in [2.45, 2.75) is 33.1 Å². The van der Waals surface area contributed by atoms with Gasteiger partial charge in [0.1, 0.15) is 0 Å². The molecule has 88 valence electrons. The standard InChI is InChI=1S/C11H19ClO3/c1-8-4-3-5-9(2)10(8)6-14-11(13)15-7-12/h8-10H,3-7H2,1-2H3. The molecule has 0 radical (unpaired) electrons. The molecule has 0 aromatic heterocycles. The van der Waals surface area contributed by atoms with Crippen LogP contribution in [0.2, 0.25) is 0 Å². The molecule has 1 saturated carbocycles. The van der Waals surface area contributed by atoms with Crippen molar-refractivity contribution in [1.82, 2.24) is 0 Å². The van der Waals surface area contributed by atoms with E-state index in [2.05, 4.69) is 18.6 Å². The molecule has 2 atom stereocenters. The van der Waals surface area contributed by atoms with E-state index in [-0.39, 0.29) is 6.07 Å². The summed E-state index contributed by atoms with van der Waals surface area (Å²) in [6, 6.07) is -0.144. The quantitative estimate of drug-likeness (QED) is 0.555. The molecule has 0 spiro atoms. The zero-order valence-corrected chi connectivity index (χ0v) is 10.1. The van der Waals surface area contributed by atoms with Crippen LogP contribution >= 0.6 is 11.6 Å². The molecule has 0 amide bonds. The fourth-order valence-electron chi connectivity index (χ4n) is 2.33. The maximum absolute atomic E-state index is 11.0. The molecule has 0 aromatic carbocycles. The molecule has 0 N–H and O–H groups in total. The Balaban J connectivity index is 2.32. The van der Waals surface area contributed by atoms with Gasteiger partial charge in [0.15, 0.2) is 6.07 Å². The van der Waals surface area contributed by atoms with Gasteiger partial charge in [-0.1, -0.05) is 44.7 Å². The highest BCUT2D eigenvalue weighted by Crippen LogP contribution is 2.34. The van der Waals surface area contributed by atoms with Crippen LogP contribution in [0.1, 0.15) is 33.1 Å². The molecule has 2 unspecified atom stereocenters. The second kappa shape index (κ2) is 6.21. The Labute approximate surface area is 96.1 Å². The summed E-state index contributed by atoms with van der Waals surface area (Å²) in [5, 5.41) is 0. The van der Waals surface area contributed by atoms with Crippen molar-refractivity contribution >= 4 is 17.8 Å². The van der Waals surface area contributed by atoms with Crippen LogP contribution in [-0.2, 0) is 9.47 Å². The highest BCUT2D eigenvalue weighted by atomic mass is 35.5. The summed E-state index contributed by atoms with van der Waals surface area (Å²) >= 11 is 5.25. The van der Waals surface area contributed by atoms with Crippen LogP contribution in [0.5, 0.6) is 0 Å². The maximum atomic E-state index is 11.0. The van der Waals surface area contributed by atoms with Gasteiger partial charge in [0.25, 0.3) is 0 Å². The van der Waals surface area contributed by atoms with Crippen LogP contribution in [0.3, 0.4) is 0 Å². The lowest BCUT2D eigenvalue weighted by molar-refractivity contribution is 0.0273. The first-order valence-corrected chi connectivity index (χ1v) is 6.04. The first kappa shape index (κ1) is 12.6. The average Bonchev–Trinajstić information content (AvgIpc) is 2.17. The Hall–Kier alpha value is -0.440. The van der Waals surface area contributed by atoms with E-state index in [0.29, 0.717) is 24.4 Å². The van der Waals surface area contributed by atoms with Crippen molar-refractivity contribution in [3.63, 3.8) is 0 Å². The third-order valence-electron chi connectivity index (χ3n) is 3.35. The van der Waals surface area contributed by atoms with Crippen molar-refractivity contribution in [2.24, 2.45) is 17.8 Å². The van der Waals surface area contributed by atoms with Gasteiger partial charge in [0.05, 0.1) is 6.61 Å². The van der Waals surface area contributed by atoms with E-state index >= 15 is 0 Å². The normalized spacial score (nSPS) is 31.0. The number of rotatable bonds is 3. The molecular weight excluding hydrogens is 216 g/mol. The molecule has 0 bridgehead atoms. The Morgan fingerprint density at radius 1 is 1.27 bits per heavy atom. The maximum Gasteiger partial charge on any atom is 0.509 e. The van der Waals surface area contributed by atoms with Crippen molar-refractivity contribution < 1.29 is 14.3 Å². The summed E-state index contributed by atoms with van der Waals surface area (Å²) in [5.41, 5.74) is 0. The van der Waals surface area contributed by atoms with Gasteiger partial charge in [0.2, 0.25) is 0 Å². The molecule has 3 nitrogen and oxygen atoms in total. The van der Waals surface area contributed by atoms with Crippen molar-refractivity contribution in [2.75, 3.05) is 12.7 Å². The summed E-state index contributed by atoms with van der Waals surface area (Å²) in [6.45, 7) is 4.89. The Kier molecular flexibility index (Phi) is 5.23. The first-order chi connectivity index (χ1) is 7.15. The molecule has 15 heavy (non-hydrogen) atoms. The Bertz CT molecular complexity index is 198. The van der Waals surface area contributed by atoms with Crippen LogP contribution in [0.15, 0.2) is 0 Å².